The van der Waals surface area contributed by atoms with E-state index in [9.17, 15) is 15.0 Å². The maximum absolute atomic E-state index is 12.6. The topological polar surface area (TPSA) is 67.2 Å². The molecule has 2 saturated heterocycles. The molecule has 2 heterocycles. The van der Waals surface area contributed by atoms with Gasteiger partial charge in [0.1, 0.15) is 6.04 Å². The molecule has 6 nitrogen and oxygen atoms in total. The molecule has 172 valence electrons. The van der Waals surface area contributed by atoms with Gasteiger partial charge in [-0.15, -0.1) is 5.12 Å². The van der Waals surface area contributed by atoms with Crippen molar-refractivity contribution in [3.05, 3.63) is 63.1 Å². The predicted octanol–water partition coefficient (Wildman–Crippen LogP) is 5.28. The lowest BCUT2D eigenvalue weighted by molar-refractivity contribution is -0.154. The average Bonchev–Trinajstić information content (AvgIpc) is 3.10. The molecule has 2 N–H and O–H groups in total. The van der Waals surface area contributed by atoms with Gasteiger partial charge < -0.3 is 10.2 Å². The fraction of sp³-hybridized carbons (Fsp3) is 0.435. The lowest BCUT2D eigenvalue weighted by atomic mass is 9.86. The van der Waals surface area contributed by atoms with Crippen LogP contribution in [0.15, 0.2) is 42.5 Å². The Bertz CT molecular complexity index is 953. The molecule has 2 aliphatic rings. The van der Waals surface area contributed by atoms with Gasteiger partial charge >= 0.3 is 5.97 Å². The van der Waals surface area contributed by atoms with Gasteiger partial charge in [-0.25, -0.2) is 5.01 Å². The zero-order valence-corrected chi connectivity index (χ0v) is 19.8. The van der Waals surface area contributed by atoms with E-state index >= 15 is 0 Å². The van der Waals surface area contributed by atoms with Crippen LogP contribution >= 0.6 is 34.8 Å². The van der Waals surface area contributed by atoms with E-state index in [1.54, 1.807) is 24.3 Å². The summed E-state index contributed by atoms with van der Waals surface area (Å²) in [6, 6.07) is 11.5. The van der Waals surface area contributed by atoms with E-state index in [1.165, 1.54) is 0 Å². The number of halogens is 3. The fourth-order valence-electron chi connectivity index (χ4n) is 4.90. The molecule has 2 fully saturated rings. The molecule has 3 atom stereocenters. The highest BCUT2D eigenvalue weighted by Crippen LogP contribution is 2.49. The third-order valence-corrected chi connectivity index (χ3v) is 7.04. The van der Waals surface area contributed by atoms with E-state index < -0.39 is 12.0 Å². The number of carboxylic acids is 1. The number of piperidine rings is 1. The maximum atomic E-state index is 12.6. The summed E-state index contributed by atoms with van der Waals surface area (Å²) in [5, 5.41) is 27.7. The second kappa shape index (κ2) is 10.2. The van der Waals surface area contributed by atoms with Gasteiger partial charge in [-0.1, -0.05) is 53.4 Å². The van der Waals surface area contributed by atoms with Gasteiger partial charge in [-0.2, -0.15) is 0 Å². The van der Waals surface area contributed by atoms with Crippen LogP contribution in [-0.4, -0.2) is 52.0 Å². The van der Waals surface area contributed by atoms with Gasteiger partial charge in [-0.05, 0) is 55.2 Å². The molecule has 0 aromatic heterocycles. The fourth-order valence-corrected chi connectivity index (χ4v) is 5.52. The van der Waals surface area contributed by atoms with Crippen LogP contribution in [0.4, 0.5) is 5.69 Å². The van der Waals surface area contributed by atoms with Crippen LogP contribution in [0.2, 0.25) is 15.1 Å². The number of nitrogens with zero attached hydrogens (tertiary/aromatic N) is 3. The Morgan fingerprint density at radius 3 is 2.22 bits per heavy atom. The van der Waals surface area contributed by atoms with E-state index in [2.05, 4.69) is 5.01 Å². The maximum Gasteiger partial charge on any atom is 0.324 e. The Labute approximate surface area is 202 Å². The molecule has 2 aliphatic heterocycles. The number of anilines is 1. The molecule has 0 radical (unpaired) electrons. The summed E-state index contributed by atoms with van der Waals surface area (Å²) in [6.45, 7) is 1.39. The van der Waals surface area contributed by atoms with Gasteiger partial charge in [-0.3, -0.25) is 9.80 Å². The van der Waals surface area contributed by atoms with Crippen LogP contribution in [0.25, 0.3) is 0 Å². The minimum Gasteiger partial charge on any atom is -0.480 e. The Morgan fingerprint density at radius 2 is 1.62 bits per heavy atom. The quantitative estimate of drug-likeness (QED) is 0.565. The lowest BCUT2D eigenvalue weighted by Gasteiger charge is -2.44. The summed E-state index contributed by atoms with van der Waals surface area (Å²) in [7, 11) is 0. The summed E-state index contributed by atoms with van der Waals surface area (Å²) < 4.78 is 0. The number of aliphatic hydroxyl groups is 1. The Balaban J connectivity index is 1.91. The van der Waals surface area contributed by atoms with E-state index in [4.69, 9.17) is 34.8 Å². The summed E-state index contributed by atoms with van der Waals surface area (Å²) in [6.07, 6.45) is 3.42. The van der Waals surface area contributed by atoms with Crippen molar-refractivity contribution >= 4 is 46.5 Å². The highest BCUT2D eigenvalue weighted by Gasteiger charge is 2.54. The van der Waals surface area contributed by atoms with Crippen LogP contribution < -0.4 is 5.01 Å². The number of aliphatic carboxylic acids is 1. The average molecular weight is 499 g/mol. The van der Waals surface area contributed by atoms with Gasteiger partial charge in [0.2, 0.25) is 0 Å². The Hall–Kier alpha value is -1.54. The molecule has 0 amide bonds. The smallest absolute Gasteiger partial charge is 0.324 e. The van der Waals surface area contributed by atoms with Gasteiger partial charge in [0.15, 0.2) is 0 Å². The third-order valence-electron chi connectivity index (χ3n) is 6.25. The molecule has 0 bridgehead atoms. The molecular formula is C23H26Cl3N3O3. The minimum absolute atomic E-state index is 0.117. The van der Waals surface area contributed by atoms with Crippen molar-refractivity contribution in [3.8, 4) is 0 Å². The van der Waals surface area contributed by atoms with Crippen molar-refractivity contribution < 1.29 is 15.0 Å². The number of carboxylic acid groups (broad SMARTS) is 1. The SMILES string of the molecule is O=C(O)C1C(CCO)C(c2ccc(Cl)cc2)N(c2ccc(Cl)cc2Cl)N1N1CCCCC1. The first-order chi connectivity index (χ1) is 15.4. The van der Waals surface area contributed by atoms with Crippen molar-refractivity contribution in [1.82, 2.24) is 10.1 Å². The number of benzene rings is 2. The predicted molar refractivity (Wildman–Crippen MR) is 127 cm³/mol. The largest absolute Gasteiger partial charge is 0.480 e. The first-order valence-corrected chi connectivity index (χ1v) is 11.9. The summed E-state index contributed by atoms with van der Waals surface area (Å²) in [4.78, 5) is 12.6. The normalized spacial score (nSPS) is 24.8. The number of hydrazine groups is 2. The molecule has 2 aromatic rings. The second-order valence-corrected chi connectivity index (χ2v) is 9.51. The summed E-state index contributed by atoms with van der Waals surface area (Å²) in [5.41, 5.74) is 1.58. The van der Waals surface area contributed by atoms with Crippen molar-refractivity contribution in [2.75, 3.05) is 24.7 Å². The van der Waals surface area contributed by atoms with Crippen molar-refractivity contribution in [3.63, 3.8) is 0 Å². The molecule has 9 heteroatoms. The lowest BCUT2D eigenvalue weighted by Crippen LogP contribution is -2.57. The van der Waals surface area contributed by atoms with Crippen molar-refractivity contribution in [2.45, 2.75) is 37.8 Å². The van der Waals surface area contributed by atoms with Crippen molar-refractivity contribution in [2.24, 2.45) is 5.92 Å². The van der Waals surface area contributed by atoms with E-state index in [-0.39, 0.29) is 18.6 Å². The van der Waals surface area contributed by atoms with Crippen molar-refractivity contribution in [1.29, 1.82) is 0 Å². The van der Waals surface area contributed by atoms with Crippen LogP contribution in [0.1, 0.15) is 37.3 Å². The van der Waals surface area contributed by atoms with Crippen LogP contribution in [0.3, 0.4) is 0 Å². The molecule has 0 spiro atoms. The molecule has 2 aromatic carbocycles. The first kappa shape index (κ1) is 23.6. The van der Waals surface area contributed by atoms with Crippen LogP contribution in [0, 0.1) is 5.92 Å². The second-order valence-electron chi connectivity index (χ2n) is 8.23. The van der Waals surface area contributed by atoms with Gasteiger partial charge in [0.25, 0.3) is 0 Å². The molecule has 0 aliphatic carbocycles. The number of hydrogen-bond acceptors (Lipinski definition) is 5. The van der Waals surface area contributed by atoms with Crippen LogP contribution in [-0.2, 0) is 4.79 Å². The standard InChI is InChI=1S/C23H26Cl3N3O3/c24-16-6-4-15(5-7-16)21-18(10-13-30)22(23(31)32)29(27-11-2-1-3-12-27)28(21)20-9-8-17(25)14-19(20)26/h4-9,14,18,21-22,30H,1-3,10-13H2,(H,31,32). The van der Waals surface area contributed by atoms with E-state index in [0.29, 0.717) is 27.2 Å². The zero-order valence-electron chi connectivity index (χ0n) is 17.5. The molecule has 3 unspecified atom stereocenters. The highest BCUT2D eigenvalue weighted by atomic mass is 35.5. The van der Waals surface area contributed by atoms with E-state index in [0.717, 1.165) is 37.9 Å². The monoisotopic (exact) mass is 497 g/mol. The van der Waals surface area contributed by atoms with Crippen LogP contribution in [0.5, 0.6) is 0 Å². The molecule has 32 heavy (non-hydrogen) atoms. The summed E-state index contributed by atoms with van der Waals surface area (Å²) >= 11 is 19.0. The number of rotatable bonds is 6. The summed E-state index contributed by atoms with van der Waals surface area (Å²) in [5.74, 6) is -1.31. The number of carbonyl (C=O) groups is 1. The molecule has 4 rings (SSSR count). The van der Waals surface area contributed by atoms with Gasteiger partial charge in [0.05, 0.1) is 16.8 Å². The van der Waals surface area contributed by atoms with Gasteiger partial charge in [0, 0.05) is 35.7 Å². The third kappa shape index (κ3) is 4.58. The molecular weight excluding hydrogens is 473 g/mol. The number of hydrogen-bond donors (Lipinski definition) is 2. The molecule has 0 saturated carbocycles. The minimum atomic E-state index is -0.930. The first-order valence-electron chi connectivity index (χ1n) is 10.8. The Morgan fingerprint density at radius 1 is 0.969 bits per heavy atom. The van der Waals surface area contributed by atoms with E-state index in [1.807, 2.05) is 28.3 Å². The zero-order chi connectivity index (χ0) is 22.8. The highest BCUT2D eigenvalue weighted by molar-refractivity contribution is 6.36. The number of aliphatic hydroxyl groups excluding tert-OH is 1. The Kier molecular flexibility index (Phi) is 7.50.